The van der Waals surface area contributed by atoms with Crippen molar-refractivity contribution >= 4 is 5.91 Å². The maximum absolute atomic E-state index is 12.4. The van der Waals surface area contributed by atoms with E-state index in [1.54, 1.807) is 10.9 Å². The number of amides is 1. The zero-order valence-electron chi connectivity index (χ0n) is 16.7. The van der Waals surface area contributed by atoms with Crippen LogP contribution in [-0.2, 0) is 17.9 Å². The normalized spacial score (nSPS) is 16.2. The number of hydrogen-bond acceptors (Lipinski definition) is 4. The van der Waals surface area contributed by atoms with Crippen molar-refractivity contribution < 1.29 is 9.53 Å². The Kier molecular flexibility index (Phi) is 5.95. The van der Waals surface area contributed by atoms with Crippen LogP contribution in [0.4, 0.5) is 0 Å². The number of carbonyl (C=O) groups is 1. The number of nitrogens with zero attached hydrogens (tertiary/aromatic N) is 2. The molecule has 1 amide bonds. The average Bonchev–Trinajstić information content (AvgIpc) is 3.11. The van der Waals surface area contributed by atoms with E-state index < -0.39 is 0 Å². The summed E-state index contributed by atoms with van der Waals surface area (Å²) in [4.78, 5) is 12.4. The molecule has 6 heteroatoms. The van der Waals surface area contributed by atoms with Crippen LogP contribution in [0.1, 0.15) is 43.2 Å². The van der Waals surface area contributed by atoms with Crippen molar-refractivity contribution in [3.63, 3.8) is 0 Å². The van der Waals surface area contributed by atoms with Gasteiger partial charge in [-0.15, -0.1) is 0 Å². The fourth-order valence-electron chi connectivity index (χ4n) is 4.25. The minimum absolute atomic E-state index is 0.00828. The highest BCUT2D eigenvalue weighted by Gasteiger charge is 2.23. The Morgan fingerprint density at radius 1 is 1.25 bits per heavy atom. The Bertz CT molecular complexity index is 824. The molecule has 0 spiro atoms. The van der Waals surface area contributed by atoms with E-state index in [2.05, 4.69) is 28.7 Å². The number of aryl methyl sites for hydroxylation is 1. The molecular weight excluding hydrogens is 352 g/mol. The molecule has 150 valence electrons. The van der Waals surface area contributed by atoms with Crippen LogP contribution in [0, 0.1) is 12.8 Å². The van der Waals surface area contributed by atoms with Crippen molar-refractivity contribution in [1.29, 1.82) is 0 Å². The van der Waals surface area contributed by atoms with Gasteiger partial charge in [0.1, 0.15) is 18.9 Å². The van der Waals surface area contributed by atoms with Crippen LogP contribution in [0.25, 0.3) is 11.3 Å². The van der Waals surface area contributed by atoms with E-state index >= 15 is 0 Å². The lowest BCUT2D eigenvalue weighted by Gasteiger charge is -2.21. The number of hydrogen-bond donors (Lipinski definition) is 2. The first-order chi connectivity index (χ1) is 13.7. The molecule has 2 aromatic rings. The van der Waals surface area contributed by atoms with E-state index in [9.17, 15) is 4.79 Å². The molecule has 1 aromatic heterocycles. The summed E-state index contributed by atoms with van der Waals surface area (Å²) in [7, 11) is 0. The largest absolute Gasteiger partial charge is 0.488 e. The highest BCUT2D eigenvalue weighted by Crippen LogP contribution is 2.37. The second-order valence-corrected chi connectivity index (χ2v) is 8.02. The van der Waals surface area contributed by atoms with Crippen LogP contribution in [0.3, 0.4) is 0 Å². The van der Waals surface area contributed by atoms with Gasteiger partial charge >= 0.3 is 0 Å². The number of rotatable bonds is 7. The summed E-state index contributed by atoms with van der Waals surface area (Å²) in [6.07, 6.45) is 8.61. The lowest BCUT2D eigenvalue weighted by Crippen LogP contribution is -2.36. The topological polar surface area (TPSA) is 68.2 Å². The number of nitrogens with one attached hydrogen (secondary N) is 2. The summed E-state index contributed by atoms with van der Waals surface area (Å²) in [5, 5.41) is 10.9. The fraction of sp³-hybridized carbons (Fsp3) is 0.545. The summed E-state index contributed by atoms with van der Waals surface area (Å²) in [6, 6.07) is 6.12. The molecule has 0 unspecified atom stereocenters. The number of ether oxygens (including phenoxy) is 1. The third-order valence-corrected chi connectivity index (χ3v) is 5.76. The molecule has 1 saturated carbocycles. The van der Waals surface area contributed by atoms with Crippen molar-refractivity contribution in [2.75, 3.05) is 19.6 Å². The lowest BCUT2D eigenvalue weighted by atomic mass is 9.89. The molecule has 0 bridgehead atoms. The summed E-state index contributed by atoms with van der Waals surface area (Å²) in [5.74, 6) is 1.66. The van der Waals surface area contributed by atoms with Gasteiger partial charge in [0.15, 0.2) is 0 Å². The Morgan fingerprint density at radius 3 is 2.96 bits per heavy atom. The minimum Gasteiger partial charge on any atom is -0.488 e. The van der Waals surface area contributed by atoms with E-state index in [4.69, 9.17) is 4.74 Å². The third kappa shape index (κ3) is 4.38. The molecule has 28 heavy (non-hydrogen) atoms. The van der Waals surface area contributed by atoms with Crippen LogP contribution < -0.4 is 15.4 Å². The van der Waals surface area contributed by atoms with Gasteiger partial charge in [0.2, 0.25) is 5.91 Å². The molecule has 2 aliphatic rings. The molecule has 0 saturated heterocycles. The van der Waals surface area contributed by atoms with Gasteiger partial charge in [-0.1, -0.05) is 30.9 Å². The van der Waals surface area contributed by atoms with Crippen molar-refractivity contribution in [3.05, 3.63) is 35.5 Å². The highest BCUT2D eigenvalue weighted by molar-refractivity contribution is 5.78. The summed E-state index contributed by atoms with van der Waals surface area (Å²) in [5.41, 5.74) is 4.20. The number of fused-ring (bicyclic) bond motifs is 3. The van der Waals surface area contributed by atoms with Gasteiger partial charge in [0.25, 0.3) is 0 Å². The van der Waals surface area contributed by atoms with Crippen molar-refractivity contribution in [2.45, 2.75) is 52.2 Å². The van der Waals surface area contributed by atoms with Crippen molar-refractivity contribution in [1.82, 2.24) is 20.4 Å². The molecule has 1 fully saturated rings. The third-order valence-electron chi connectivity index (χ3n) is 5.76. The van der Waals surface area contributed by atoms with Gasteiger partial charge in [0, 0.05) is 24.2 Å². The Hall–Kier alpha value is -2.34. The van der Waals surface area contributed by atoms with Crippen molar-refractivity contribution in [2.24, 2.45) is 5.92 Å². The minimum atomic E-state index is -0.00828. The van der Waals surface area contributed by atoms with Crippen LogP contribution in [0.2, 0.25) is 0 Å². The van der Waals surface area contributed by atoms with Gasteiger partial charge < -0.3 is 15.4 Å². The van der Waals surface area contributed by atoms with Crippen LogP contribution in [-0.4, -0.2) is 35.3 Å². The number of carbonyl (C=O) groups excluding carboxylic acids is 1. The van der Waals surface area contributed by atoms with E-state index in [0.29, 0.717) is 13.2 Å². The Labute approximate surface area is 166 Å². The second-order valence-electron chi connectivity index (χ2n) is 8.02. The summed E-state index contributed by atoms with van der Waals surface area (Å²) >= 11 is 0. The van der Waals surface area contributed by atoms with E-state index in [1.807, 2.05) is 12.1 Å². The van der Waals surface area contributed by atoms with Gasteiger partial charge in [-0.2, -0.15) is 5.10 Å². The summed E-state index contributed by atoms with van der Waals surface area (Å²) < 4.78 is 7.60. The predicted molar refractivity (Wildman–Crippen MR) is 109 cm³/mol. The van der Waals surface area contributed by atoms with Crippen LogP contribution in [0.15, 0.2) is 24.4 Å². The average molecular weight is 383 g/mol. The van der Waals surface area contributed by atoms with Crippen LogP contribution >= 0.6 is 0 Å². The maximum Gasteiger partial charge on any atom is 0.241 e. The van der Waals surface area contributed by atoms with Crippen molar-refractivity contribution in [3.8, 4) is 17.0 Å². The fourth-order valence-corrected chi connectivity index (χ4v) is 4.25. The molecule has 0 atom stereocenters. The SMILES string of the molecule is Cc1ccc2c(c1)-c1c(cnn1CC(=O)NCCNCC1CCCCC1)CO2. The molecule has 2 heterocycles. The first-order valence-corrected chi connectivity index (χ1v) is 10.5. The Morgan fingerprint density at radius 2 is 2.11 bits per heavy atom. The predicted octanol–water partition coefficient (Wildman–Crippen LogP) is 3.04. The number of aromatic nitrogens is 2. The van der Waals surface area contributed by atoms with Gasteiger partial charge in [-0.25, -0.2) is 0 Å². The molecule has 1 aliphatic carbocycles. The first-order valence-electron chi connectivity index (χ1n) is 10.5. The van der Waals surface area contributed by atoms with E-state index in [-0.39, 0.29) is 12.5 Å². The zero-order valence-corrected chi connectivity index (χ0v) is 16.7. The smallest absolute Gasteiger partial charge is 0.241 e. The molecule has 4 rings (SSSR count). The van der Waals surface area contributed by atoms with Gasteiger partial charge in [-0.3, -0.25) is 9.48 Å². The first kappa shape index (κ1) is 19.0. The molecule has 6 nitrogen and oxygen atoms in total. The highest BCUT2D eigenvalue weighted by atomic mass is 16.5. The van der Waals surface area contributed by atoms with Gasteiger partial charge in [-0.05, 0) is 44.4 Å². The van der Waals surface area contributed by atoms with E-state index in [1.165, 1.54) is 32.1 Å². The molecular formula is C22H30N4O2. The molecule has 0 radical (unpaired) electrons. The second kappa shape index (κ2) is 8.78. The van der Waals surface area contributed by atoms with Crippen LogP contribution in [0.5, 0.6) is 5.75 Å². The molecule has 2 N–H and O–H groups in total. The number of benzene rings is 1. The Balaban J connectivity index is 1.28. The summed E-state index contributed by atoms with van der Waals surface area (Å²) in [6.45, 7) is 5.31. The van der Waals surface area contributed by atoms with E-state index in [0.717, 1.165) is 47.1 Å². The quantitative estimate of drug-likeness (QED) is 0.723. The molecule has 1 aliphatic heterocycles. The maximum atomic E-state index is 12.4. The standard InChI is InChI=1S/C22H30N4O2/c1-16-7-8-20-19(11-16)22-18(15-28-20)13-25-26(22)14-21(27)24-10-9-23-12-17-5-3-2-4-6-17/h7-8,11,13,17,23H,2-6,9-10,12,14-15H2,1H3,(H,24,27). The lowest BCUT2D eigenvalue weighted by molar-refractivity contribution is -0.121. The van der Waals surface area contributed by atoms with Gasteiger partial charge in [0.05, 0.1) is 11.9 Å². The molecule has 1 aromatic carbocycles. The zero-order chi connectivity index (χ0) is 19.3. The monoisotopic (exact) mass is 382 g/mol.